The minimum absolute atomic E-state index is 0.000911. The summed E-state index contributed by atoms with van der Waals surface area (Å²) >= 11 is 5.77. The van der Waals surface area contributed by atoms with Gasteiger partial charge in [0.25, 0.3) is 5.91 Å². The van der Waals surface area contributed by atoms with E-state index in [4.69, 9.17) is 16.8 Å². The van der Waals surface area contributed by atoms with Crippen LogP contribution in [0.2, 0.25) is 5.02 Å². The van der Waals surface area contributed by atoms with E-state index in [1.54, 1.807) is 12.3 Å². The Labute approximate surface area is 147 Å². The number of aromatic amines is 1. The quantitative estimate of drug-likeness (QED) is 0.412. The fourth-order valence-electron chi connectivity index (χ4n) is 2.74. The Balaban J connectivity index is 1.73. The maximum atomic E-state index is 13.4. The molecular weight excluding hydrogens is 349 g/mol. The normalized spacial score (nSPS) is 11.0. The van der Waals surface area contributed by atoms with E-state index < -0.39 is 11.7 Å². The second kappa shape index (κ2) is 7.08. The second-order valence-electron chi connectivity index (χ2n) is 5.62. The number of phenols is 1. The minimum Gasteiger partial charge on any atom is -0.506 e. The number of phenolic OH excluding ortho intramolecular Hbond substituents is 1. The van der Waals surface area contributed by atoms with Crippen LogP contribution in [0.5, 0.6) is 5.75 Å². The number of rotatable bonds is 5. The van der Waals surface area contributed by atoms with E-state index >= 15 is 0 Å². The number of halogens is 2. The van der Waals surface area contributed by atoms with Gasteiger partial charge in [-0.2, -0.15) is 0 Å². The van der Waals surface area contributed by atoms with Crippen LogP contribution in [0.4, 0.5) is 4.39 Å². The van der Waals surface area contributed by atoms with E-state index in [9.17, 15) is 14.3 Å². The SMILES string of the molecule is O=C(NO)c1cc2[nH]cc(CCCc3cc(F)cc(Cl)c3O)c2cn1. The molecule has 0 radical (unpaired) electrons. The number of hydrogen-bond donors (Lipinski definition) is 4. The lowest BCUT2D eigenvalue weighted by molar-refractivity contribution is 0.0701. The Kier molecular flexibility index (Phi) is 4.87. The average molecular weight is 364 g/mol. The fraction of sp³-hybridized carbons (Fsp3) is 0.176. The number of carbonyl (C=O) groups is 1. The largest absolute Gasteiger partial charge is 0.506 e. The summed E-state index contributed by atoms with van der Waals surface area (Å²) < 4.78 is 13.4. The highest BCUT2D eigenvalue weighted by Gasteiger charge is 2.12. The number of aryl methyl sites for hydroxylation is 2. The second-order valence-corrected chi connectivity index (χ2v) is 6.03. The molecule has 0 aliphatic carbocycles. The van der Waals surface area contributed by atoms with E-state index in [0.717, 1.165) is 22.5 Å². The van der Waals surface area contributed by atoms with Crippen LogP contribution in [0.1, 0.15) is 28.0 Å². The predicted octanol–water partition coefficient (Wildman–Crippen LogP) is 3.36. The first-order valence-corrected chi connectivity index (χ1v) is 7.94. The maximum absolute atomic E-state index is 13.4. The predicted molar refractivity (Wildman–Crippen MR) is 90.4 cm³/mol. The van der Waals surface area contributed by atoms with Crippen molar-refractivity contribution in [2.75, 3.05) is 0 Å². The Morgan fingerprint density at radius 3 is 2.80 bits per heavy atom. The number of fused-ring (bicyclic) bond motifs is 1. The number of nitrogens with one attached hydrogen (secondary N) is 2. The van der Waals surface area contributed by atoms with Gasteiger partial charge < -0.3 is 10.1 Å². The Bertz CT molecular complexity index is 942. The van der Waals surface area contributed by atoms with Gasteiger partial charge in [-0.25, -0.2) is 9.87 Å². The summed E-state index contributed by atoms with van der Waals surface area (Å²) in [4.78, 5) is 18.4. The van der Waals surface area contributed by atoms with E-state index in [0.29, 0.717) is 24.8 Å². The molecule has 2 aromatic heterocycles. The number of amides is 1. The van der Waals surface area contributed by atoms with Gasteiger partial charge in [-0.3, -0.25) is 15.0 Å². The van der Waals surface area contributed by atoms with Crippen LogP contribution in [0.3, 0.4) is 0 Å². The summed E-state index contributed by atoms with van der Waals surface area (Å²) in [6.45, 7) is 0. The first-order valence-electron chi connectivity index (χ1n) is 7.57. The summed E-state index contributed by atoms with van der Waals surface area (Å²) in [7, 11) is 0. The third-order valence-electron chi connectivity index (χ3n) is 3.99. The van der Waals surface area contributed by atoms with Crippen LogP contribution in [0.15, 0.2) is 30.6 Å². The summed E-state index contributed by atoms with van der Waals surface area (Å²) in [5.41, 5.74) is 3.81. The Morgan fingerprint density at radius 2 is 2.04 bits per heavy atom. The number of hydroxylamine groups is 1. The van der Waals surface area contributed by atoms with Crippen molar-refractivity contribution < 1.29 is 19.5 Å². The first kappa shape index (κ1) is 17.2. The third-order valence-corrected chi connectivity index (χ3v) is 4.27. The van der Waals surface area contributed by atoms with Crippen molar-refractivity contribution in [2.45, 2.75) is 19.3 Å². The van der Waals surface area contributed by atoms with Crippen molar-refractivity contribution in [1.82, 2.24) is 15.4 Å². The van der Waals surface area contributed by atoms with Crippen LogP contribution >= 0.6 is 11.6 Å². The molecule has 0 spiro atoms. The number of pyridine rings is 1. The summed E-state index contributed by atoms with van der Waals surface area (Å²) in [6.07, 6.45) is 5.17. The smallest absolute Gasteiger partial charge is 0.293 e. The van der Waals surface area contributed by atoms with E-state index in [2.05, 4.69) is 9.97 Å². The molecule has 0 fully saturated rings. The molecule has 0 aliphatic heterocycles. The molecule has 3 rings (SSSR count). The summed E-state index contributed by atoms with van der Waals surface area (Å²) in [5, 5.41) is 19.4. The number of nitrogens with zero attached hydrogens (tertiary/aromatic N) is 1. The zero-order valence-electron chi connectivity index (χ0n) is 13.0. The maximum Gasteiger partial charge on any atom is 0.293 e. The van der Waals surface area contributed by atoms with Crippen LogP contribution in [0, 0.1) is 5.82 Å². The molecule has 0 bridgehead atoms. The average Bonchev–Trinajstić information content (AvgIpc) is 3.00. The van der Waals surface area contributed by atoms with Crippen molar-refractivity contribution in [1.29, 1.82) is 0 Å². The molecule has 0 aliphatic rings. The molecule has 3 aromatic rings. The fourth-order valence-corrected chi connectivity index (χ4v) is 2.97. The molecule has 130 valence electrons. The van der Waals surface area contributed by atoms with Crippen LogP contribution in [-0.2, 0) is 12.8 Å². The van der Waals surface area contributed by atoms with Gasteiger partial charge in [-0.1, -0.05) is 11.6 Å². The van der Waals surface area contributed by atoms with Crippen molar-refractivity contribution >= 4 is 28.4 Å². The summed E-state index contributed by atoms with van der Waals surface area (Å²) in [6, 6.07) is 3.90. The molecular formula is C17H15ClFN3O3. The molecule has 1 amide bonds. The minimum atomic E-state index is -0.684. The number of hydrogen-bond acceptors (Lipinski definition) is 4. The highest BCUT2D eigenvalue weighted by Crippen LogP contribution is 2.30. The zero-order valence-corrected chi connectivity index (χ0v) is 13.8. The van der Waals surface area contributed by atoms with Crippen molar-refractivity contribution in [3.63, 3.8) is 0 Å². The van der Waals surface area contributed by atoms with E-state index in [-0.39, 0.29) is 16.5 Å². The topological polar surface area (TPSA) is 98.2 Å². The van der Waals surface area contributed by atoms with Crippen LogP contribution < -0.4 is 5.48 Å². The number of H-pyrrole nitrogens is 1. The van der Waals surface area contributed by atoms with Gasteiger partial charge >= 0.3 is 0 Å². The molecule has 1 aromatic carbocycles. The lowest BCUT2D eigenvalue weighted by Gasteiger charge is -2.06. The monoisotopic (exact) mass is 363 g/mol. The molecule has 8 heteroatoms. The number of aromatic hydroxyl groups is 1. The van der Waals surface area contributed by atoms with Crippen molar-refractivity contribution in [3.05, 3.63) is 58.3 Å². The molecule has 2 heterocycles. The highest BCUT2D eigenvalue weighted by molar-refractivity contribution is 6.32. The van der Waals surface area contributed by atoms with E-state index in [1.165, 1.54) is 11.5 Å². The van der Waals surface area contributed by atoms with Gasteiger partial charge in [-0.05, 0) is 48.6 Å². The van der Waals surface area contributed by atoms with E-state index in [1.807, 2.05) is 6.20 Å². The lowest BCUT2D eigenvalue weighted by Crippen LogP contribution is -2.19. The summed E-state index contributed by atoms with van der Waals surface area (Å²) in [5.74, 6) is -1.26. The first-order chi connectivity index (χ1) is 12.0. The van der Waals surface area contributed by atoms with Crippen molar-refractivity contribution in [2.24, 2.45) is 0 Å². The number of benzene rings is 1. The van der Waals surface area contributed by atoms with Gasteiger partial charge in [-0.15, -0.1) is 0 Å². The number of carbonyl (C=O) groups excluding carboxylic acids is 1. The van der Waals surface area contributed by atoms with Gasteiger partial charge in [0.15, 0.2) is 0 Å². The molecule has 4 N–H and O–H groups in total. The third kappa shape index (κ3) is 3.57. The van der Waals surface area contributed by atoms with Crippen LogP contribution in [-0.4, -0.2) is 26.2 Å². The highest BCUT2D eigenvalue weighted by atomic mass is 35.5. The van der Waals surface area contributed by atoms with Gasteiger partial charge in [0.1, 0.15) is 17.3 Å². The van der Waals surface area contributed by atoms with Crippen molar-refractivity contribution in [3.8, 4) is 5.75 Å². The molecule has 0 atom stereocenters. The standard InChI is InChI=1S/C17H15ClFN3O3/c18-13-5-11(19)4-9(16(13)23)2-1-3-10-7-20-14-6-15(17(24)22-25)21-8-12(10)14/h4-8,20,23,25H,1-3H2,(H,22,24). The van der Waals surface area contributed by atoms with Crippen LogP contribution in [0.25, 0.3) is 10.9 Å². The molecule has 0 saturated carbocycles. The Morgan fingerprint density at radius 1 is 1.28 bits per heavy atom. The van der Waals surface area contributed by atoms with Gasteiger partial charge in [0.05, 0.1) is 5.02 Å². The zero-order chi connectivity index (χ0) is 18.0. The molecule has 0 unspecified atom stereocenters. The van der Waals surface area contributed by atoms with Gasteiger partial charge in [0, 0.05) is 23.3 Å². The van der Waals surface area contributed by atoms with Gasteiger partial charge in [0.2, 0.25) is 0 Å². The molecule has 25 heavy (non-hydrogen) atoms. The molecule has 0 saturated heterocycles. The lowest BCUT2D eigenvalue weighted by atomic mass is 10.0. The Hall–Kier alpha value is -2.64. The number of aromatic nitrogens is 2. The molecule has 6 nitrogen and oxygen atoms in total.